The maximum absolute atomic E-state index is 10.9. The third kappa shape index (κ3) is 4.02. The summed E-state index contributed by atoms with van der Waals surface area (Å²) in [6.45, 7) is 2.48. The van der Waals surface area contributed by atoms with Gasteiger partial charge in [-0.25, -0.2) is 0 Å². The van der Waals surface area contributed by atoms with Crippen molar-refractivity contribution < 1.29 is 14.6 Å². The van der Waals surface area contributed by atoms with Crippen LogP contribution in [0.4, 0.5) is 0 Å². The molecule has 18 heavy (non-hydrogen) atoms. The van der Waals surface area contributed by atoms with Crippen LogP contribution in [-0.4, -0.2) is 17.7 Å². The monoisotopic (exact) mass is 312 g/mol. The number of carboxylic acid groups (broad SMARTS) is 1. The highest BCUT2D eigenvalue weighted by Gasteiger charge is 2.22. The van der Waals surface area contributed by atoms with Crippen molar-refractivity contribution in [2.75, 3.05) is 6.61 Å². The molecule has 0 aromatic heterocycles. The Morgan fingerprint density at radius 2 is 2.22 bits per heavy atom. The fourth-order valence-electron chi connectivity index (χ4n) is 1.76. The summed E-state index contributed by atoms with van der Waals surface area (Å²) >= 11 is 3.44. The van der Waals surface area contributed by atoms with Crippen molar-refractivity contribution >= 4 is 21.9 Å². The second-order valence-electron chi connectivity index (χ2n) is 4.99. The molecule has 1 aliphatic carbocycles. The Balaban J connectivity index is 2.02. The van der Waals surface area contributed by atoms with Crippen molar-refractivity contribution in [1.29, 1.82) is 0 Å². The fraction of sp³-hybridized carbons (Fsp3) is 0.500. The van der Waals surface area contributed by atoms with Gasteiger partial charge in [-0.2, -0.15) is 0 Å². The topological polar surface area (TPSA) is 46.5 Å². The minimum absolute atomic E-state index is 0.379. The zero-order valence-corrected chi connectivity index (χ0v) is 11.9. The third-order valence-corrected chi connectivity index (χ3v) is 3.54. The van der Waals surface area contributed by atoms with Gasteiger partial charge in [0.15, 0.2) is 0 Å². The van der Waals surface area contributed by atoms with Crippen LogP contribution in [0, 0.1) is 11.8 Å². The van der Waals surface area contributed by atoms with E-state index >= 15 is 0 Å². The average Bonchev–Trinajstić information content (AvgIpc) is 3.09. The van der Waals surface area contributed by atoms with E-state index in [2.05, 4.69) is 15.9 Å². The van der Waals surface area contributed by atoms with Crippen molar-refractivity contribution in [3.05, 3.63) is 28.2 Å². The molecule has 0 heterocycles. The van der Waals surface area contributed by atoms with Gasteiger partial charge in [-0.05, 0) is 48.9 Å². The molecule has 0 spiro atoms. The number of hydrogen-bond donors (Lipinski definition) is 1. The number of carboxylic acids is 1. The number of carbonyl (C=O) groups is 1. The molecule has 2 rings (SSSR count). The minimum Gasteiger partial charge on any atom is -0.493 e. The number of halogens is 1. The van der Waals surface area contributed by atoms with Gasteiger partial charge in [-0.3, -0.25) is 4.79 Å². The maximum atomic E-state index is 10.9. The molecule has 1 unspecified atom stereocenters. The molecular weight excluding hydrogens is 296 g/mol. The van der Waals surface area contributed by atoms with E-state index in [4.69, 9.17) is 9.84 Å². The highest BCUT2D eigenvalue weighted by atomic mass is 79.9. The van der Waals surface area contributed by atoms with Crippen molar-refractivity contribution in [3.8, 4) is 5.75 Å². The summed E-state index contributed by atoms with van der Waals surface area (Å²) in [4.78, 5) is 10.9. The second-order valence-corrected chi connectivity index (χ2v) is 5.91. The molecule has 3 nitrogen and oxygen atoms in total. The van der Waals surface area contributed by atoms with Gasteiger partial charge in [0.25, 0.3) is 0 Å². The highest BCUT2D eigenvalue weighted by Crippen LogP contribution is 2.30. The standard InChI is InChI=1S/C14H17BrO3/c1-9(14(16)17)4-11-5-12(15)7-13(6-11)18-8-10-2-3-10/h5-7,9-10H,2-4,8H2,1H3,(H,16,17). The van der Waals surface area contributed by atoms with Crippen molar-refractivity contribution in [1.82, 2.24) is 0 Å². The van der Waals surface area contributed by atoms with Crippen LogP contribution in [0.1, 0.15) is 25.3 Å². The van der Waals surface area contributed by atoms with E-state index in [0.29, 0.717) is 12.3 Å². The normalized spacial score (nSPS) is 16.3. The van der Waals surface area contributed by atoms with Crippen LogP contribution in [0.5, 0.6) is 5.75 Å². The Morgan fingerprint density at radius 3 is 2.83 bits per heavy atom. The quantitative estimate of drug-likeness (QED) is 0.874. The molecule has 1 fully saturated rings. The van der Waals surface area contributed by atoms with Crippen LogP contribution in [-0.2, 0) is 11.2 Å². The molecule has 1 aromatic rings. The number of rotatable bonds is 6. The number of benzene rings is 1. The van der Waals surface area contributed by atoms with Gasteiger partial charge in [0.05, 0.1) is 12.5 Å². The molecule has 1 aromatic carbocycles. The van der Waals surface area contributed by atoms with Crippen LogP contribution in [0.25, 0.3) is 0 Å². The largest absolute Gasteiger partial charge is 0.493 e. The first-order valence-corrected chi connectivity index (χ1v) is 6.99. The number of aliphatic carboxylic acids is 1. The molecule has 0 aliphatic heterocycles. The highest BCUT2D eigenvalue weighted by molar-refractivity contribution is 9.10. The van der Waals surface area contributed by atoms with Crippen molar-refractivity contribution in [3.63, 3.8) is 0 Å². The Morgan fingerprint density at radius 1 is 1.50 bits per heavy atom. The molecule has 98 valence electrons. The smallest absolute Gasteiger partial charge is 0.306 e. The zero-order valence-electron chi connectivity index (χ0n) is 10.4. The van der Waals surface area contributed by atoms with Crippen molar-refractivity contribution in [2.45, 2.75) is 26.2 Å². The molecule has 4 heteroatoms. The maximum Gasteiger partial charge on any atom is 0.306 e. The minimum atomic E-state index is -0.768. The predicted octanol–water partition coefficient (Wildman–Crippen LogP) is 3.50. The lowest BCUT2D eigenvalue weighted by Crippen LogP contribution is -2.12. The van der Waals surface area contributed by atoms with E-state index in [1.54, 1.807) is 6.92 Å². The molecule has 0 bridgehead atoms. The van der Waals surface area contributed by atoms with E-state index < -0.39 is 5.97 Å². The Bertz CT molecular complexity index is 441. The Kier molecular flexibility index (Phi) is 4.27. The van der Waals surface area contributed by atoms with Crippen LogP contribution in [0.2, 0.25) is 0 Å². The number of ether oxygens (including phenoxy) is 1. The van der Waals surface area contributed by atoms with E-state index in [9.17, 15) is 4.79 Å². The summed E-state index contributed by atoms with van der Waals surface area (Å²) < 4.78 is 6.65. The van der Waals surface area contributed by atoms with Gasteiger partial charge in [0, 0.05) is 4.47 Å². The SMILES string of the molecule is CC(Cc1cc(Br)cc(OCC2CC2)c1)C(=O)O. The van der Waals surface area contributed by atoms with Crippen LogP contribution in [0.15, 0.2) is 22.7 Å². The lowest BCUT2D eigenvalue weighted by molar-refractivity contribution is -0.141. The molecular formula is C14H17BrO3. The van der Waals surface area contributed by atoms with E-state index in [0.717, 1.165) is 22.4 Å². The second kappa shape index (κ2) is 5.74. The molecule has 1 atom stereocenters. The van der Waals surface area contributed by atoms with Crippen LogP contribution >= 0.6 is 15.9 Å². The summed E-state index contributed by atoms with van der Waals surface area (Å²) in [5.74, 6) is 0.389. The molecule has 0 saturated heterocycles. The summed E-state index contributed by atoms with van der Waals surface area (Å²) in [6.07, 6.45) is 3.04. The van der Waals surface area contributed by atoms with E-state index in [1.165, 1.54) is 12.8 Å². The Hall–Kier alpha value is -1.03. The molecule has 1 aliphatic rings. The molecule has 1 saturated carbocycles. The van der Waals surface area contributed by atoms with Gasteiger partial charge in [0.1, 0.15) is 5.75 Å². The summed E-state index contributed by atoms with van der Waals surface area (Å²) in [7, 11) is 0. The van der Waals surface area contributed by atoms with E-state index in [1.807, 2.05) is 18.2 Å². The average molecular weight is 313 g/mol. The third-order valence-electron chi connectivity index (χ3n) is 3.08. The molecule has 1 N–H and O–H groups in total. The van der Waals surface area contributed by atoms with Gasteiger partial charge in [0.2, 0.25) is 0 Å². The van der Waals surface area contributed by atoms with Gasteiger partial charge < -0.3 is 9.84 Å². The first kappa shape index (κ1) is 13.4. The fourth-order valence-corrected chi connectivity index (χ4v) is 2.28. The Labute approximate surface area is 115 Å². The summed E-state index contributed by atoms with van der Waals surface area (Å²) in [6, 6.07) is 5.81. The number of hydrogen-bond acceptors (Lipinski definition) is 2. The predicted molar refractivity (Wildman–Crippen MR) is 72.9 cm³/mol. The van der Waals surface area contributed by atoms with Crippen molar-refractivity contribution in [2.24, 2.45) is 11.8 Å². The lowest BCUT2D eigenvalue weighted by atomic mass is 10.0. The lowest BCUT2D eigenvalue weighted by Gasteiger charge is -2.10. The summed E-state index contributed by atoms with van der Waals surface area (Å²) in [5.41, 5.74) is 0.991. The van der Waals surface area contributed by atoms with Crippen LogP contribution in [0.3, 0.4) is 0 Å². The first-order chi connectivity index (χ1) is 8.54. The van der Waals surface area contributed by atoms with Crippen LogP contribution < -0.4 is 4.74 Å². The summed E-state index contributed by atoms with van der Waals surface area (Å²) in [5, 5.41) is 8.92. The van der Waals surface area contributed by atoms with Gasteiger partial charge in [-0.1, -0.05) is 22.9 Å². The molecule has 0 radical (unpaired) electrons. The van der Waals surface area contributed by atoms with E-state index in [-0.39, 0.29) is 5.92 Å². The zero-order chi connectivity index (χ0) is 13.1. The first-order valence-electron chi connectivity index (χ1n) is 6.19. The molecule has 0 amide bonds. The van der Waals surface area contributed by atoms with Gasteiger partial charge >= 0.3 is 5.97 Å². The van der Waals surface area contributed by atoms with Gasteiger partial charge in [-0.15, -0.1) is 0 Å².